The lowest BCUT2D eigenvalue weighted by molar-refractivity contribution is 0.321. The first-order valence-corrected chi connectivity index (χ1v) is 4.01. The van der Waals surface area contributed by atoms with Gasteiger partial charge in [0.05, 0.1) is 0 Å². The van der Waals surface area contributed by atoms with Gasteiger partial charge in [-0.1, -0.05) is 6.92 Å². The molecule has 1 rings (SSSR count). The van der Waals surface area contributed by atoms with Gasteiger partial charge < -0.3 is 10.4 Å². The zero-order valence-electron chi connectivity index (χ0n) is 7.47. The molecule has 0 bridgehead atoms. The van der Waals surface area contributed by atoms with Crippen molar-refractivity contribution in [3.8, 4) is 0 Å². The largest absolute Gasteiger partial charge is 0.412 e. The van der Waals surface area contributed by atoms with Gasteiger partial charge in [-0.05, 0) is 38.8 Å². The third kappa shape index (κ3) is 7.03. The van der Waals surface area contributed by atoms with Gasteiger partial charge in [-0.3, -0.25) is 0 Å². The Kier molecular flexibility index (Phi) is 9.43. The van der Waals surface area contributed by atoms with Gasteiger partial charge in [0.15, 0.2) is 0 Å². The average Bonchev–Trinajstić information content (AvgIpc) is 2.50. The van der Waals surface area contributed by atoms with Gasteiger partial charge in [0.25, 0.3) is 0 Å². The molecule has 2 N–H and O–H groups in total. The van der Waals surface area contributed by atoms with E-state index in [1.165, 1.54) is 32.4 Å². The summed E-state index contributed by atoms with van der Waals surface area (Å²) in [6, 6.07) is 0. The standard InChI is InChI=1S/C8H17N.HI.H2O/c1-3-6-9(2)7-8-4-5-8;;/h8H,3-7H2,1-2H3;1H;1H2. The van der Waals surface area contributed by atoms with Gasteiger partial charge in [0.1, 0.15) is 0 Å². The Hall–Kier alpha value is 0.650. The fourth-order valence-electron chi connectivity index (χ4n) is 1.21. The van der Waals surface area contributed by atoms with Crippen molar-refractivity contribution in [1.82, 2.24) is 4.90 Å². The molecule has 0 unspecified atom stereocenters. The van der Waals surface area contributed by atoms with Crippen molar-refractivity contribution in [3.63, 3.8) is 0 Å². The Bertz CT molecular complexity index is 86.2. The van der Waals surface area contributed by atoms with Crippen molar-refractivity contribution in [2.24, 2.45) is 5.92 Å². The summed E-state index contributed by atoms with van der Waals surface area (Å²) in [5, 5.41) is 0. The second-order valence-corrected chi connectivity index (χ2v) is 3.21. The smallest absolute Gasteiger partial charge is 0.000661 e. The molecule has 1 aliphatic carbocycles. The van der Waals surface area contributed by atoms with Crippen LogP contribution in [0.3, 0.4) is 0 Å². The van der Waals surface area contributed by atoms with E-state index >= 15 is 0 Å². The first-order chi connectivity index (χ1) is 4.33. The van der Waals surface area contributed by atoms with Crippen LogP contribution in [0.2, 0.25) is 0 Å². The molecule has 0 saturated heterocycles. The van der Waals surface area contributed by atoms with Crippen molar-refractivity contribution >= 4 is 24.0 Å². The minimum absolute atomic E-state index is 0. The molecular weight excluding hydrogens is 253 g/mol. The maximum Gasteiger partial charge on any atom is 0.000661 e. The first-order valence-electron chi connectivity index (χ1n) is 4.01. The maximum atomic E-state index is 2.44. The molecule has 0 amide bonds. The topological polar surface area (TPSA) is 34.7 Å². The van der Waals surface area contributed by atoms with E-state index in [1.54, 1.807) is 0 Å². The Morgan fingerprint density at radius 1 is 1.36 bits per heavy atom. The summed E-state index contributed by atoms with van der Waals surface area (Å²) < 4.78 is 0. The molecule has 3 heteroatoms. The SMILES string of the molecule is CCCN(C)CC1CC1.I.O. The van der Waals surface area contributed by atoms with Crippen molar-refractivity contribution in [1.29, 1.82) is 0 Å². The molecule has 11 heavy (non-hydrogen) atoms. The predicted octanol–water partition coefficient (Wildman–Crippen LogP) is 1.53. The molecule has 0 radical (unpaired) electrons. The lowest BCUT2D eigenvalue weighted by atomic mass is 10.3. The minimum Gasteiger partial charge on any atom is -0.412 e. The minimum atomic E-state index is 0. The highest BCUT2D eigenvalue weighted by molar-refractivity contribution is 14.0. The Labute approximate surface area is 86.7 Å². The van der Waals surface area contributed by atoms with Crippen LogP contribution in [0, 0.1) is 5.92 Å². The van der Waals surface area contributed by atoms with Crippen LogP contribution in [0.15, 0.2) is 0 Å². The highest BCUT2D eigenvalue weighted by Gasteiger charge is 2.21. The van der Waals surface area contributed by atoms with Crippen LogP contribution in [-0.2, 0) is 0 Å². The highest BCUT2D eigenvalue weighted by Crippen LogP contribution is 2.29. The van der Waals surface area contributed by atoms with Gasteiger partial charge >= 0.3 is 0 Å². The fraction of sp³-hybridized carbons (Fsp3) is 1.00. The van der Waals surface area contributed by atoms with Crippen molar-refractivity contribution in [2.45, 2.75) is 26.2 Å². The summed E-state index contributed by atoms with van der Waals surface area (Å²) in [7, 11) is 2.22. The summed E-state index contributed by atoms with van der Waals surface area (Å²) in [6.07, 6.45) is 4.26. The van der Waals surface area contributed by atoms with Gasteiger partial charge in [-0.25, -0.2) is 0 Å². The quantitative estimate of drug-likeness (QED) is 0.715. The van der Waals surface area contributed by atoms with Gasteiger partial charge in [-0.15, -0.1) is 24.0 Å². The average molecular weight is 273 g/mol. The monoisotopic (exact) mass is 273 g/mol. The molecular formula is C8H20INO. The fourth-order valence-corrected chi connectivity index (χ4v) is 1.21. The molecule has 0 aromatic rings. The molecule has 0 spiro atoms. The summed E-state index contributed by atoms with van der Waals surface area (Å²) in [4.78, 5) is 2.44. The number of rotatable bonds is 4. The summed E-state index contributed by atoms with van der Waals surface area (Å²) >= 11 is 0. The first kappa shape index (κ1) is 14.2. The number of hydrogen-bond acceptors (Lipinski definition) is 1. The third-order valence-electron chi connectivity index (χ3n) is 1.87. The van der Waals surface area contributed by atoms with Gasteiger partial charge in [0, 0.05) is 6.54 Å². The molecule has 0 heterocycles. The molecule has 1 saturated carbocycles. The van der Waals surface area contributed by atoms with E-state index in [0.717, 1.165) is 5.92 Å². The second kappa shape index (κ2) is 7.31. The number of hydrogen-bond donors (Lipinski definition) is 0. The van der Waals surface area contributed by atoms with E-state index in [0.29, 0.717) is 0 Å². The van der Waals surface area contributed by atoms with Crippen molar-refractivity contribution in [2.75, 3.05) is 20.1 Å². The Morgan fingerprint density at radius 3 is 2.27 bits per heavy atom. The van der Waals surface area contributed by atoms with E-state index in [4.69, 9.17) is 0 Å². The number of halogens is 1. The maximum absolute atomic E-state index is 2.44. The van der Waals surface area contributed by atoms with Crippen LogP contribution in [0.1, 0.15) is 26.2 Å². The highest BCUT2D eigenvalue weighted by atomic mass is 127. The zero-order chi connectivity index (χ0) is 6.69. The Morgan fingerprint density at radius 2 is 1.91 bits per heavy atom. The normalized spacial score (nSPS) is 15.5. The molecule has 2 nitrogen and oxygen atoms in total. The van der Waals surface area contributed by atoms with Crippen LogP contribution in [-0.4, -0.2) is 30.5 Å². The molecule has 0 aromatic heterocycles. The molecule has 1 aliphatic rings. The molecule has 1 fully saturated rings. The van der Waals surface area contributed by atoms with E-state index in [2.05, 4.69) is 18.9 Å². The van der Waals surface area contributed by atoms with E-state index in [9.17, 15) is 0 Å². The van der Waals surface area contributed by atoms with E-state index < -0.39 is 0 Å². The zero-order valence-corrected chi connectivity index (χ0v) is 9.80. The molecule has 0 atom stereocenters. The molecule has 0 aromatic carbocycles. The van der Waals surface area contributed by atoms with Crippen molar-refractivity contribution in [3.05, 3.63) is 0 Å². The van der Waals surface area contributed by atoms with Gasteiger partial charge in [0.2, 0.25) is 0 Å². The van der Waals surface area contributed by atoms with Crippen LogP contribution < -0.4 is 0 Å². The predicted molar refractivity (Wildman–Crippen MR) is 59.5 cm³/mol. The Balaban J connectivity index is 0. The molecule has 70 valence electrons. The lowest BCUT2D eigenvalue weighted by Crippen LogP contribution is -2.21. The van der Waals surface area contributed by atoms with Crippen LogP contribution >= 0.6 is 24.0 Å². The molecule has 0 aliphatic heterocycles. The summed E-state index contributed by atoms with van der Waals surface area (Å²) in [5.74, 6) is 1.06. The van der Waals surface area contributed by atoms with Crippen molar-refractivity contribution < 1.29 is 5.48 Å². The second-order valence-electron chi connectivity index (χ2n) is 3.21. The lowest BCUT2D eigenvalue weighted by Gasteiger charge is -2.13. The van der Waals surface area contributed by atoms with E-state index in [1.807, 2.05) is 0 Å². The summed E-state index contributed by atoms with van der Waals surface area (Å²) in [6.45, 7) is 4.85. The van der Waals surface area contributed by atoms with Gasteiger partial charge in [-0.2, -0.15) is 0 Å². The van der Waals surface area contributed by atoms with Crippen LogP contribution in [0.5, 0.6) is 0 Å². The van der Waals surface area contributed by atoms with Crippen LogP contribution in [0.25, 0.3) is 0 Å². The summed E-state index contributed by atoms with van der Waals surface area (Å²) in [5.41, 5.74) is 0. The van der Waals surface area contributed by atoms with Crippen LogP contribution in [0.4, 0.5) is 0 Å². The van der Waals surface area contributed by atoms with E-state index in [-0.39, 0.29) is 29.5 Å². The third-order valence-corrected chi connectivity index (χ3v) is 1.87. The number of nitrogens with zero attached hydrogens (tertiary/aromatic N) is 1.